The van der Waals surface area contributed by atoms with Gasteiger partial charge in [-0.15, -0.1) is 12.4 Å². The molecule has 0 radical (unpaired) electrons. The maximum absolute atomic E-state index is 13.0. The lowest BCUT2D eigenvalue weighted by Crippen LogP contribution is -2.14. The summed E-state index contributed by atoms with van der Waals surface area (Å²) in [5.41, 5.74) is 5.14. The van der Waals surface area contributed by atoms with E-state index < -0.39 is 17.6 Å². The molecule has 0 aromatic heterocycles. The van der Waals surface area contributed by atoms with Gasteiger partial charge in [-0.1, -0.05) is 0 Å². The molecule has 1 aliphatic heterocycles. The molecule has 9 heteroatoms. The van der Waals surface area contributed by atoms with Crippen LogP contribution in [0.15, 0.2) is 36.4 Å². The largest absolute Gasteiger partial charge is 0.490 e. The number of rotatable bonds is 3. The van der Waals surface area contributed by atoms with Crippen LogP contribution in [0.1, 0.15) is 27.9 Å². The summed E-state index contributed by atoms with van der Waals surface area (Å²) in [6, 6.07) is 7.89. The van der Waals surface area contributed by atoms with Gasteiger partial charge in [-0.2, -0.15) is 13.2 Å². The lowest BCUT2D eigenvalue weighted by molar-refractivity contribution is -0.137. The summed E-state index contributed by atoms with van der Waals surface area (Å²) in [5.74, 6) is 0.410. The second-order valence-corrected chi connectivity index (χ2v) is 5.79. The summed E-state index contributed by atoms with van der Waals surface area (Å²) in [6.45, 7) is 0.910. The Morgan fingerprint density at radius 1 is 1.07 bits per heavy atom. The average Bonchev–Trinajstić information content (AvgIpc) is 2.85. The predicted molar refractivity (Wildman–Crippen MR) is 96.6 cm³/mol. The second-order valence-electron chi connectivity index (χ2n) is 5.79. The Bertz CT molecular complexity index is 828. The minimum Gasteiger partial charge on any atom is -0.490 e. The molecule has 1 aliphatic rings. The van der Waals surface area contributed by atoms with E-state index in [1.807, 2.05) is 0 Å². The van der Waals surface area contributed by atoms with Gasteiger partial charge in [0.1, 0.15) is 0 Å². The van der Waals surface area contributed by atoms with Crippen LogP contribution in [0, 0.1) is 0 Å². The highest BCUT2D eigenvalue weighted by molar-refractivity contribution is 6.04. The molecule has 5 nitrogen and oxygen atoms in total. The van der Waals surface area contributed by atoms with E-state index >= 15 is 0 Å². The molecular formula is C18H18ClF3N2O3. The lowest BCUT2D eigenvalue weighted by Gasteiger charge is -2.13. The van der Waals surface area contributed by atoms with Gasteiger partial charge in [-0.3, -0.25) is 4.79 Å². The summed E-state index contributed by atoms with van der Waals surface area (Å²) in [5, 5.41) is 2.48. The Kier molecular flexibility index (Phi) is 6.56. The number of benzene rings is 2. The lowest BCUT2D eigenvalue weighted by atomic mass is 10.1. The fraction of sp³-hybridized carbons (Fsp3) is 0.278. The van der Waals surface area contributed by atoms with Crippen LogP contribution in [0.4, 0.5) is 18.9 Å². The van der Waals surface area contributed by atoms with E-state index in [1.165, 1.54) is 18.2 Å². The highest BCUT2D eigenvalue weighted by Crippen LogP contribution is 2.33. The molecule has 27 heavy (non-hydrogen) atoms. The fourth-order valence-electron chi connectivity index (χ4n) is 2.55. The van der Waals surface area contributed by atoms with Crippen molar-refractivity contribution in [3.63, 3.8) is 0 Å². The molecule has 0 saturated heterocycles. The van der Waals surface area contributed by atoms with Crippen molar-refractivity contribution in [1.29, 1.82) is 0 Å². The van der Waals surface area contributed by atoms with Gasteiger partial charge in [-0.05, 0) is 42.0 Å². The number of ether oxygens (including phenoxy) is 2. The zero-order chi connectivity index (χ0) is 18.7. The number of amides is 1. The first kappa shape index (κ1) is 20.9. The summed E-state index contributed by atoms with van der Waals surface area (Å²) < 4.78 is 50.0. The number of carbonyl (C=O) groups is 1. The van der Waals surface area contributed by atoms with Crippen molar-refractivity contribution in [2.45, 2.75) is 19.1 Å². The zero-order valence-corrected chi connectivity index (χ0v) is 15.0. The van der Waals surface area contributed by atoms with E-state index in [2.05, 4.69) is 5.32 Å². The van der Waals surface area contributed by atoms with Crippen molar-refractivity contribution in [3.8, 4) is 11.5 Å². The van der Waals surface area contributed by atoms with E-state index in [1.54, 1.807) is 6.07 Å². The van der Waals surface area contributed by atoms with Crippen molar-refractivity contribution in [3.05, 3.63) is 53.1 Å². The number of anilines is 1. The summed E-state index contributed by atoms with van der Waals surface area (Å²) in [4.78, 5) is 12.4. The number of nitrogens with two attached hydrogens (primary N) is 1. The molecule has 0 saturated carbocycles. The summed E-state index contributed by atoms with van der Waals surface area (Å²) >= 11 is 0. The number of hydrogen-bond acceptors (Lipinski definition) is 4. The molecule has 0 spiro atoms. The summed E-state index contributed by atoms with van der Waals surface area (Å²) in [6.07, 6.45) is -3.80. The standard InChI is InChI=1S/C18H17F3N2O3.ClH/c19-18(20,21)13-6-11(10-22)7-14(9-13)23-17(24)12-2-3-15-16(8-12)26-5-1-4-25-15;/h2-3,6-9H,1,4-5,10,22H2,(H,23,24);1H. The van der Waals surface area contributed by atoms with Gasteiger partial charge >= 0.3 is 6.18 Å². The van der Waals surface area contributed by atoms with Gasteiger partial charge in [0.15, 0.2) is 11.5 Å². The Labute approximate surface area is 160 Å². The van der Waals surface area contributed by atoms with Crippen LogP contribution in [0.2, 0.25) is 0 Å². The third-order valence-corrected chi connectivity index (χ3v) is 3.82. The minimum atomic E-state index is -4.53. The Hall–Kier alpha value is -2.45. The van der Waals surface area contributed by atoms with Crippen LogP contribution in [0.3, 0.4) is 0 Å². The number of carbonyl (C=O) groups excluding carboxylic acids is 1. The van der Waals surface area contributed by atoms with E-state index in [0.29, 0.717) is 24.7 Å². The molecule has 1 amide bonds. The molecule has 2 aromatic rings. The molecule has 3 rings (SSSR count). The number of fused-ring (bicyclic) bond motifs is 1. The normalized spacial score (nSPS) is 13.3. The SMILES string of the molecule is Cl.NCc1cc(NC(=O)c2ccc3c(c2)OCCCO3)cc(C(F)(F)F)c1. The van der Waals surface area contributed by atoms with Crippen molar-refractivity contribution in [2.75, 3.05) is 18.5 Å². The third kappa shape index (κ3) is 5.05. The number of alkyl halides is 3. The number of nitrogens with one attached hydrogen (secondary N) is 1. The van der Waals surface area contributed by atoms with Crippen molar-refractivity contribution in [2.24, 2.45) is 5.73 Å². The molecule has 0 bridgehead atoms. The van der Waals surface area contributed by atoms with E-state index in [-0.39, 0.29) is 35.8 Å². The average molecular weight is 403 g/mol. The second kappa shape index (κ2) is 8.49. The van der Waals surface area contributed by atoms with Crippen LogP contribution < -0.4 is 20.5 Å². The molecule has 0 unspecified atom stereocenters. The first-order valence-electron chi connectivity index (χ1n) is 7.99. The number of hydrogen-bond donors (Lipinski definition) is 2. The maximum Gasteiger partial charge on any atom is 0.416 e. The van der Waals surface area contributed by atoms with E-state index in [9.17, 15) is 18.0 Å². The van der Waals surface area contributed by atoms with Crippen molar-refractivity contribution in [1.82, 2.24) is 0 Å². The zero-order valence-electron chi connectivity index (χ0n) is 14.1. The smallest absolute Gasteiger partial charge is 0.416 e. The van der Waals surface area contributed by atoms with E-state index in [4.69, 9.17) is 15.2 Å². The van der Waals surface area contributed by atoms with Gasteiger partial charge in [0.2, 0.25) is 0 Å². The number of halogens is 4. The van der Waals surface area contributed by atoms with Crippen LogP contribution in [-0.2, 0) is 12.7 Å². The maximum atomic E-state index is 13.0. The van der Waals surface area contributed by atoms with Crippen LogP contribution in [0.25, 0.3) is 0 Å². The first-order chi connectivity index (χ1) is 12.4. The molecular weight excluding hydrogens is 385 g/mol. The third-order valence-electron chi connectivity index (χ3n) is 3.82. The molecule has 2 aromatic carbocycles. The molecule has 0 aliphatic carbocycles. The highest BCUT2D eigenvalue weighted by Gasteiger charge is 2.31. The predicted octanol–water partition coefficient (Wildman–Crippen LogP) is 4.00. The minimum absolute atomic E-state index is 0. The van der Waals surface area contributed by atoms with Gasteiger partial charge in [0, 0.05) is 24.2 Å². The van der Waals surface area contributed by atoms with Gasteiger partial charge < -0.3 is 20.5 Å². The Morgan fingerprint density at radius 3 is 2.44 bits per heavy atom. The summed E-state index contributed by atoms with van der Waals surface area (Å²) in [7, 11) is 0. The Balaban J connectivity index is 0.00000261. The molecule has 0 fully saturated rings. The monoisotopic (exact) mass is 402 g/mol. The fourth-order valence-corrected chi connectivity index (χ4v) is 2.55. The highest BCUT2D eigenvalue weighted by atomic mass is 35.5. The quantitative estimate of drug-likeness (QED) is 0.813. The van der Waals surface area contributed by atoms with E-state index in [0.717, 1.165) is 18.6 Å². The molecule has 0 atom stereocenters. The molecule has 3 N–H and O–H groups in total. The molecule has 146 valence electrons. The topological polar surface area (TPSA) is 73.6 Å². The van der Waals surface area contributed by atoms with Gasteiger partial charge in [0.25, 0.3) is 5.91 Å². The first-order valence-corrected chi connectivity index (χ1v) is 7.99. The van der Waals surface area contributed by atoms with Gasteiger partial charge in [-0.25, -0.2) is 0 Å². The Morgan fingerprint density at radius 2 is 1.78 bits per heavy atom. The van der Waals surface area contributed by atoms with Gasteiger partial charge in [0.05, 0.1) is 18.8 Å². The van der Waals surface area contributed by atoms with Crippen LogP contribution in [0.5, 0.6) is 11.5 Å². The van der Waals surface area contributed by atoms with Crippen molar-refractivity contribution >= 4 is 24.0 Å². The van der Waals surface area contributed by atoms with Crippen molar-refractivity contribution < 1.29 is 27.4 Å². The molecule has 1 heterocycles. The van der Waals surface area contributed by atoms with Crippen LogP contribution >= 0.6 is 12.4 Å². The van der Waals surface area contributed by atoms with Crippen LogP contribution in [-0.4, -0.2) is 19.1 Å².